The van der Waals surface area contributed by atoms with Crippen LogP contribution in [0.5, 0.6) is 0 Å². The third-order valence-electron chi connectivity index (χ3n) is 4.14. The zero-order chi connectivity index (χ0) is 16.9. The average Bonchev–Trinajstić information content (AvgIpc) is 2.53. The van der Waals surface area contributed by atoms with Crippen LogP contribution >= 0.6 is 0 Å². The highest BCUT2D eigenvalue weighted by atomic mass is 16.5. The van der Waals surface area contributed by atoms with Crippen LogP contribution in [0.4, 0.5) is 0 Å². The molecule has 1 rings (SSSR count). The number of rotatable bonds is 5. The Kier molecular flexibility index (Phi) is 11.3. The Morgan fingerprint density at radius 1 is 1.30 bits per heavy atom. The molecule has 1 N–H and O–H groups in total. The lowest BCUT2D eigenvalue weighted by Gasteiger charge is -2.28. The van der Waals surface area contributed by atoms with E-state index in [1.54, 1.807) is 7.11 Å². The Morgan fingerprint density at radius 3 is 2.87 bits per heavy atom. The maximum absolute atomic E-state index is 6.12. The number of allylic oxidation sites excluding steroid dienone is 1. The van der Waals surface area contributed by atoms with E-state index in [1.165, 1.54) is 18.4 Å². The molecule has 4 heteroatoms. The van der Waals surface area contributed by atoms with Crippen LogP contribution in [0, 0.1) is 5.92 Å². The van der Waals surface area contributed by atoms with Gasteiger partial charge in [0.05, 0.1) is 19.3 Å². The first kappa shape index (κ1) is 20.4. The minimum absolute atomic E-state index is 0.0162. The second-order valence-corrected chi connectivity index (χ2v) is 6.34. The van der Waals surface area contributed by atoms with Gasteiger partial charge in [-0.05, 0) is 33.2 Å². The Balaban J connectivity index is 2.82. The molecule has 0 unspecified atom stereocenters. The number of hydrogen-bond acceptors (Lipinski definition) is 4. The van der Waals surface area contributed by atoms with E-state index >= 15 is 0 Å². The van der Waals surface area contributed by atoms with Gasteiger partial charge in [-0.1, -0.05) is 37.1 Å². The maximum Gasteiger partial charge on any atom is 0.102 e. The molecule has 4 nitrogen and oxygen atoms in total. The molecule has 23 heavy (non-hydrogen) atoms. The van der Waals surface area contributed by atoms with Crippen molar-refractivity contribution in [3.05, 3.63) is 23.8 Å². The highest BCUT2D eigenvalue weighted by Gasteiger charge is 2.25. The summed E-state index contributed by atoms with van der Waals surface area (Å²) < 4.78 is 17.6. The van der Waals surface area contributed by atoms with Crippen LogP contribution < -0.4 is 5.32 Å². The fourth-order valence-electron chi connectivity index (χ4n) is 2.86. The lowest BCUT2D eigenvalue weighted by atomic mass is 9.96. The van der Waals surface area contributed by atoms with E-state index in [2.05, 4.69) is 37.4 Å². The predicted molar refractivity (Wildman–Crippen MR) is 95.8 cm³/mol. The lowest BCUT2D eigenvalue weighted by Crippen LogP contribution is -2.36. The summed E-state index contributed by atoms with van der Waals surface area (Å²) in [6, 6.07) is 0. The van der Waals surface area contributed by atoms with Gasteiger partial charge in [-0.3, -0.25) is 0 Å². The molecule has 0 saturated carbocycles. The van der Waals surface area contributed by atoms with Crippen molar-refractivity contribution in [2.24, 2.45) is 5.92 Å². The van der Waals surface area contributed by atoms with Gasteiger partial charge in [0.15, 0.2) is 0 Å². The van der Waals surface area contributed by atoms with E-state index in [0.29, 0.717) is 13.2 Å². The van der Waals surface area contributed by atoms with Crippen molar-refractivity contribution >= 4 is 0 Å². The van der Waals surface area contributed by atoms with Gasteiger partial charge in [-0.25, -0.2) is 0 Å². The molecular formula is C19H35NO3. The molecule has 0 amide bonds. The molecule has 3 atom stereocenters. The number of hydrogen-bond donors (Lipinski definition) is 1. The van der Waals surface area contributed by atoms with Crippen molar-refractivity contribution in [1.29, 1.82) is 0 Å². The van der Waals surface area contributed by atoms with Crippen molar-refractivity contribution in [3.8, 4) is 0 Å². The summed E-state index contributed by atoms with van der Waals surface area (Å²) in [6.07, 6.45) is 11.3. The summed E-state index contributed by atoms with van der Waals surface area (Å²) in [4.78, 5) is 0. The third kappa shape index (κ3) is 8.66. The highest BCUT2D eigenvalue weighted by molar-refractivity contribution is 5.06. The first-order valence-corrected chi connectivity index (χ1v) is 8.89. The molecule has 0 radical (unpaired) electrons. The van der Waals surface area contributed by atoms with E-state index in [1.807, 2.05) is 7.05 Å². The molecule has 1 aliphatic rings. The lowest BCUT2D eigenvalue weighted by molar-refractivity contribution is -0.0515. The van der Waals surface area contributed by atoms with Crippen LogP contribution in [0.1, 0.15) is 39.5 Å². The molecule has 0 saturated heterocycles. The van der Waals surface area contributed by atoms with E-state index < -0.39 is 0 Å². The van der Waals surface area contributed by atoms with E-state index in [-0.39, 0.29) is 18.1 Å². The molecule has 0 aliphatic carbocycles. The van der Waals surface area contributed by atoms with Gasteiger partial charge in [-0.2, -0.15) is 0 Å². The molecule has 134 valence electrons. The maximum atomic E-state index is 6.12. The fraction of sp³-hybridized carbons (Fsp3) is 0.789. The van der Waals surface area contributed by atoms with Crippen molar-refractivity contribution < 1.29 is 14.2 Å². The van der Waals surface area contributed by atoms with Gasteiger partial charge < -0.3 is 19.5 Å². The van der Waals surface area contributed by atoms with Crippen LogP contribution in [0.2, 0.25) is 0 Å². The van der Waals surface area contributed by atoms with Crippen molar-refractivity contribution in [2.45, 2.75) is 51.7 Å². The molecular weight excluding hydrogens is 290 g/mol. The van der Waals surface area contributed by atoms with E-state index in [4.69, 9.17) is 14.2 Å². The molecule has 1 heterocycles. The zero-order valence-corrected chi connectivity index (χ0v) is 15.3. The van der Waals surface area contributed by atoms with Gasteiger partial charge >= 0.3 is 0 Å². The second kappa shape index (κ2) is 12.7. The van der Waals surface area contributed by atoms with Crippen LogP contribution in [0.3, 0.4) is 0 Å². The van der Waals surface area contributed by atoms with Crippen LogP contribution in [-0.2, 0) is 14.2 Å². The summed E-state index contributed by atoms with van der Waals surface area (Å²) >= 11 is 0. The van der Waals surface area contributed by atoms with Gasteiger partial charge in [0.2, 0.25) is 0 Å². The summed E-state index contributed by atoms with van der Waals surface area (Å²) in [5, 5.41) is 3.13. The first-order valence-electron chi connectivity index (χ1n) is 8.89. The van der Waals surface area contributed by atoms with E-state index in [9.17, 15) is 0 Å². The van der Waals surface area contributed by atoms with E-state index in [0.717, 1.165) is 26.0 Å². The van der Waals surface area contributed by atoms with Crippen LogP contribution in [-0.4, -0.2) is 52.7 Å². The Morgan fingerprint density at radius 2 is 2.13 bits per heavy atom. The predicted octanol–water partition coefficient (Wildman–Crippen LogP) is 3.34. The van der Waals surface area contributed by atoms with Crippen LogP contribution in [0.25, 0.3) is 0 Å². The summed E-state index contributed by atoms with van der Waals surface area (Å²) in [5.74, 6) is 0.271. The van der Waals surface area contributed by atoms with Crippen LogP contribution in [0.15, 0.2) is 23.8 Å². The van der Waals surface area contributed by atoms with Gasteiger partial charge in [0.1, 0.15) is 6.10 Å². The van der Waals surface area contributed by atoms with Gasteiger partial charge in [-0.15, -0.1) is 0 Å². The Labute approximate surface area is 142 Å². The molecule has 0 fully saturated rings. The number of methoxy groups -OCH3 is 1. The SMILES string of the molecule is CNCCO[C@H]1[C@H](C)/C=C(/C)COCCCCC/C=C/[C@@H]1OC. The zero-order valence-electron chi connectivity index (χ0n) is 15.3. The summed E-state index contributed by atoms with van der Waals surface area (Å²) in [6.45, 7) is 7.41. The van der Waals surface area contributed by atoms with Crippen molar-refractivity contribution in [2.75, 3.05) is 40.5 Å². The molecule has 0 bridgehead atoms. The smallest absolute Gasteiger partial charge is 0.102 e. The van der Waals surface area contributed by atoms with Crippen molar-refractivity contribution in [3.63, 3.8) is 0 Å². The highest BCUT2D eigenvalue weighted by Crippen LogP contribution is 2.19. The number of nitrogens with one attached hydrogen (secondary N) is 1. The first-order chi connectivity index (χ1) is 11.2. The monoisotopic (exact) mass is 325 g/mol. The largest absolute Gasteiger partial charge is 0.377 e. The third-order valence-corrected chi connectivity index (χ3v) is 4.14. The molecule has 0 aromatic heterocycles. The standard InChI is InChI=1S/C19H35NO3/c1-16-14-17(2)19(23-13-11-20-3)18(21-4)10-8-6-5-7-9-12-22-15-16/h8,10,14,17-20H,5-7,9,11-13,15H2,1-4H3/b10-8+,16-14-/t17-,18+,19+/m1/s1. The normalized spacial score (nSPS) is 31.8. The second-order valence-electron chi connectivity index (χ2n) is 6.34. The molecule has 0 aromatic carbocycles. The molecule has 0 aromatic rings. The Bertz CT molecular complexity index is 355. The van der Waals surface area contributed by atoms with Gasteiger partial charge in [0.25, 0.3) is 0 Å². The fourth-order valence-corrected chi connectivity index (χ4v) is 2.86. The minimum Gasteiger partial charge on any atom is -0.377 e. The Hall–Kier alpha value is -0.680. The average molecular weight is 325 g/mol. The molecule has 0 spiro atoms. The number of ether oxygens (including phenoxy) is 3. The summed E-state index contributed by atoms with van der Waals surface area (Å²) in [5.41, 5.74) is 1.26. The minimum atomic E-state index is -0.0187. The van der Waals surface area contributed by atoms with Gasteiger partial charge in [0, 0.05) is 26.2 Å². The van der Waals surface area contributed by atoms with Crippen molar-refractivity contribution in [1.82, 2.24) is 5.32 Å². The topological polar surface area (TPSA) is 39.7 Å². The number of likely N-dealkylation sites (N-methyl/N-ethyl adjacent to an activating group) is 1. The quantitative estimate of drug-likeness (QED) is 0.622. The summed E-state index contributed by atoms with van der Waals surface area (Å²) in [7, 11) is 3.70. The molecule has 1 aliphatic heterocycles.